The molecule has 0 unspecified atom stereocenters. The van der Waals surface area contributed by atoms with Crippen LogP contribution in [-0.2, 0) is 9.59 Å². The molecule has 2 rings (SSSR count). The monoisotopic (exact) mass is 318 g/mol. The lowest BCUT2D eigenvalue weighted by molar-refractivity contribution is -0.127. The number of carbonyl (C=O) groups excluding carboxylic acids is 2. The van der Waals surface area contributed by atoms with Crippen molar-refractivity contribution in [2.45, 2.75) is 51.1 Å². The summed E-state index contributed by atoms with van der Waals surface area (Å²) in [6.07, 6.45) is 6.63. The molecule has 0 aromatic heterocycles. The minimum Gasteiger partial charge on any atom is -0.353 e. The third kappa shape index (κ3) is 5.51. The molecular weight excluding hydrogens is 295 g/mol. The maximum Gasteiger partial charge on any atom is 0.221 e. The van der Waals surface area contributed by atoms with E-state index in [0.29, 0.717) is 6.42 Å². The van der Waals surface area contributed by atoms with Gasteiger partial charge in [0.05, 0.1) is 6.04 Å². The summed E-state index contributed by atoms with van der Waals surface area (Å²) >= 11 is 0. The van der Waals surface area contributed by atoms with Crippen LogP contribution in [0.2, 0.25) is 0 Å². The molecule has 4 nitrogen and oxygen atoms in total. The van der Waals surface area contributed by atoms with Crippen LogP contribution in [-0.4, -0.2) is 17.9 Å². The van der Waals surface area contributed by atoms with E-state index in [1.807, 2.05) is 19.1 Å². The van der Waals surface area contributed by atoms with Crippen LogP contribution in [0, 0.1) is 5.82 Å². The topological polar surface area (TPSA) is 58.2 Å². The van der Waals surface area contributed by atoms with Crippen LogP contribution in [0.25, 0.3) is 0 Å². The summed E-state index contributed by atoms with van der Waals surface area (Å²) in [5.41, 5.74) is 0.859. The highest BCUT2D eigenvalue weighted by Crippen LogP contribution is 2.19. The molecule has 0 spiro atoms. The molecule has 0 bridgehead atoms. The molecule has 1 heterocycles. The van der Waals surface area contributed by atoms with Gasteiger partial charge in [-0.25, -0.2) is 4.39 Å². The standard InChI is InChI=1S/C18H23FN2O2/c1-2-15-5-3-4-6-16(13-7-9-14(19)10-8-13)21-18(23)12-11-17(22)20-15/h3-4,7-10,15-16H,2,5-6,11-12H2,1H3,(H,20,22)(H,21,23)/b4-3-/t15-,16+/m1/s1. The van der Waals surface area contributed by atoms with E-state index in [0.717, 1.165) is 18.4 Å². The Bertz CT molecular complexity index is 569. The van der Waals surface area contributed by atoms with Crippen molar-refractivity contribution in [3.8, 4) is 0 Å². The molecule has 23 heavy (non-hydrogen) atoms. The number of amides is 2. The molecule has 0 aliphatic carbocycles. The fraction of sp³-hybridized carbons (Fsp3) is 0.444. The van der Waals surface area contributed by atoms with Crippen LogP contribution in [0.4, 0.5) is 4.39 Å². The highest BCUT2D eigenvalue weighted by molar-refractivity contribution is 5.84. The van der Waals surface area contributed by atoms with Gasteiger partial charge in [0.1, 0.15) is 5.82 Å². The van der Waals surface area contributed by atoms with E-state index in [1.54, 1.807) is 12.1 Å². The van der Waals surface area contributed by atoms with Crippen molar-refractivity contribution >= 4 is 11.8 Å². The van der Waals surface area contributed by atoms with Crippen molar-refractivity contribution in [3.05, 3.63) is 47.8 Å². The van der Waals surface area contributed by atoms with Gasteiger partial charge in [0.25, 0.3) is 0 Å². The Morgan fingerprint density at radius 2 is 1.61 bits per heavy atom. The van der Waals surface area contributed by atoms with E-state index in [2.05, 4.69) is 10.6 Å². The Morgan fingerprint density at radius 1 is 1.00 bits per heavy atom. The molecule has 0 radical (unpaired) electrons. The Hall–Kier alpha value is -2.17. The smallest absolute Gasteiger partial charge is 0.221 e. The van der Waals surface area contributed by atoms with E-state index in [-0.39, 0.29) is 42.6 Å². The highest BCUT2D eigenvalue weighted by Gasteiger charge is 2.16. The number of carbonyl (C=O) groups is 2. The fourth-order valence-corrected chi connectivity index (χ4v) is 2.59. The molecule has 2 N–H and O–H groups in total. The zero-order chi connectivity index (χ0) is 16.7. The molecule has 0 saturated carbocycles. The largest absolute Gasteiger partial charge is 0.353 e. The quantitative estimate of drug-likeness (QED) is 0.824. The van der Waals surface area contributed by atoms with Gasteiger partial charge in [0.2, 0.25) is 11.8 Å². The molecule has 0 fully saturated rings. The lowest BCUT2D eigenvalue weighted by Gasteiger charge is -2.20. The van der Waals surface area contributed by atoms with Crippen molar-refractivity contribution in [3.63, 3.8) is 0 Å². The van der Waals surface area contributed by atoms with Gasteiger partial charge in [0, 0.05) is 18.9 Å². The summed E-state index contributed by atoms with van der Waals surface area (Å²) < 4.78 is 13.1. The summed E-state index contributed by atoms with van der Waals surface area (Å²) in [5.74, 6) is -0.568. The molecule has 1 aromatic rings. The number of rotatable bonds is 2. The highest BCUT2D eigenvalue weighted by atomic mass is 19.1. The molecule has 0 saturated heterocycles. The van der Waals surface area contributed by atoms with Gasteiger partial charge in [-0.15, -0.1) is 0 Å². The summed E-state index contributed by atoms with van der Waals surface area (Å²) in [5, 5.41) is 5.87. The van der Waals surface area contributed by atoms with Crippen LogP contribution in [0.3, 0.4) is 0 Å². The van der Waals surface area contributed by atoms with E-state index in [4.69, 9.17) is 0 Å². The normalized spacial score (nSPS) is 24.8. The lowest BCUT2D eigenvalue weighted by Crippen LogP contribution is -2.36. The van der Waals surface area contributed by atoms with E-state index >= 15 is 0 Å². The second kappa shape index (κ2) is 8.46. The van der Waals surface area contributed by atoms with E-state index in [9.17, 15) is 14.0 Å². The molecule has 1 aliphatic rings. The van der Waals surface area contributed by atoms with Crippen molar-refractivity contribution in [1.82, 2.24) is 10.6 Å². The first-order valence-corrected chi connectivity index (χ1v) is 8.07. The lowest BCUT2D eigenvalue weighted by atomic mass is 10.0. The van der Waals surface area contributed by atoms with Gasteiger partial charge < -0.3 is 10.6 Å². The molecule has 2 atom stereocenters. The minimum atomic E-state index is -0.300. The Morgan fingerprint density at radius 3 is 2.26 bits per heavy atom. The van der Waals surface area contributed by atoms with Crippen LogP contribution < -0.4 is 10.6 Å². The van der Waals surface area contributed by atoms with Gasteiger partial charge in [-0.05, 0) is 37.0 Å². The molecule has 1 aliphatic heterocycles. The van der Waals surface area contributed by atoms with E-state index < -0.39 is 0 Å². The second-order valence-corrected chi connectivity index (χ2v) is 5.79. The summed E-state index contributed by atoms with van der Waals surface area (Å²) in [6, 6.07) is 6.04. The Kier molecular flexibility index (Phi) is 6.32. The van der Waals surface area contributed by atoms with Gasteiger partial charge in [-0.1, -0.05) is 31.2 Å². The van der Waals surface area contributed by atoms with Gasteiger partial charge in [-0.3, -0.25) is 9.59 Å². The second-order valence-electron chi connectivity index (χ2n) is 5.79. The number of hydrogen-bond acceptors (Lipinski definition) is 2. The van der Waals surface area contributed by atoms with Crippen molar-refractivity contribution in [2.75, 3.05) is 0 Å². The summed E-state index contributed by atoms with van der Waals surface area (Å²) in [7, 11) is 0. The van der Waals surface area contributed by atoms with Crippen molar-refractivity contribution in [2.24, 2.45) is 0 Å². The fourth-order valence-electron chi connectivity index (χ4n) is 2.59. The molecule has 1 aromatic carbocycles. The van der Waals surface area contributed by atoms with Crippen LogP contribution >= 0.6 is 0 Å². The Labute approximate surface area is 136 Å². The first-order chi connectivity index (χ1) is 11.1. The summed E-state index contributed by atoms with van der Waals surface area (Å²) in [6.45, 7) is 2.03. The van der Waals surface area contributed by atoms with Gasteiger partial charge >= 0.3 is 0 Å². The number of benzene rings is 1. The van der Waals surface area contributed by atoms with E-state index in [1.165, 1.54) is 12.1 Å². The van der Waals surface area contributed by atoms with Crippen LogP contribution in [0.5, 0.6) is 0 Å². The first-order valence-electron chi connectivity index (χ1n) is 8.07. The molecule has 2 amide bonds. The molecular formula is C18H23FN2O2. The first kappa shape index (κ1) is 17.2. The third-order valence-corrected chi connectivity index (χ3v) is 4.00. The van der Waals surface area contributed by atoms with Crippen LogP contribution in [0.1, 0.15) is 50.6 Å². The Balaban J connectivity index is 2.14. The molecule has 124 valence electrons. The number of hydrogen-bond donors (Lipinski definition) is 2. The zero-order valence-corrected chi connectivity index (χ0v) is 13.3. The molecule has 5 heteroatoms. The number of halogens is 1. The van der Waals surface area contributed by atoms with Gasteiger partial charge in [-0.2, -0.15) is 0 Å². The average molecular weight is 318 g/mol. The van der Waals surface area contributed by atoms with Gasteiger partial charge in [0.15, 0.2) is 0 Å². The predicted molar refractivity (Wildman–Crippen MR) is 87.1 cm³/mol. The van der Waals surface area contributed by atoms with Crippen LogP contribution in [0.15, 0.2) is 36.4 Å². The predicted octanol–water partition coefficient (Wildman–Crippen LogP) is 3.01. The SMILES string of the molecule is CC[C@@H]1C/C=C\C[C@@H](c2ccc(F)cc2)NC(=O)CCC(=O)N1. The average Bonchev–Trinajstić information content (AvgIpc) is 2.54. The maximum absolute atomic E-state index is 13.1. The minimum absolute atomic E-state index is 0.0979. The van der Waals surface area contributed by atoms with Crippen molar-refractivity contribution in [1.29, 1.82) is 0 Å². The maximum atomic E-state index is 13.1. The third-order valence-electron chi connectivity index (χ3n) is 4.00. The number of nitrogens with one attached hydrogen (secondary N) is 2. The summed E-state index contributed by atoms with van der Waals surface area (Å²) in [4.78, 5) is 23.9. The zero-order valence-electron chi connectivity index (χ0n) is 13.3. The van der Waals surface area contributed by atoms with Crippen molar-refractivity contribution < 1.29 is 14.0 Å².